The molecule has 168 valence electrons. The van der Waals surface area contributed by atoms with E-state index < -0.39 is 0 Å². The first kappa shape index (κ1) is 23.6. The van der Waals surface area contributed by atoms with E-state index in [1.54, 1.807) is 49.6 Å². The van der Waals surface area contributed by atoms with Gasteiger partial charge in [0.1, 0.15) is 5.75 Å². The number of carbonyl (C=O) groups excluding carboxylic acids is 1. The molecular formula is C23H25Cl2N5O2. The maximum atomic E-state index is 12.8. The number of carbonyl (C=O) groups is 1. The second kappa shape index (κ2) is 10.5. The lowest BCUT2D eigenvalue weighted by molar-refractivity contribution is 0.0977. The predicted octanol–water partition coefficient (Wildman–Crippen LogP) is 4.79. The summed E-state index contributed by atoms with van der Waals surface area (Å²) in [5.41, 5.74) is 4.20. The predicted molar refractivity (Wildman–Crippen MR) is 129 cm³/mol. The van der Waals surface area contributed by atoms with Crippen molar-refractivity contribution in [2.24, 2.45) is 12.0 Å². The SMILES string of the molecule is COc1ccc(Cl)cc1NC(=NCCc1c(C)nn(C)c1C)NC(=O)c1cccc(Cl)c1. The minimum Gasteiger partial charge on any atom is -0.495 e. The standard InChI is InChI=1S/C23H25Cl2N5O2/c1-14-19(15(2)30(3)29-14)10-11-26-23(27-20-13-18(25)8-9-21(20)32-4)28-22(31)16-6-5-7-17(24)12-16/h5-9,12-13H,10-11H2,1-4H3,(H2,26,27,28,31). The van der Waals surface area contributed by atoms with Crippen LogP contribution in [0, 0.1) is 13.8 Å². The molecule has 0 aliphatic carbocycles. The Morgan fingerprint density at radius 2 is 1.91 bits per heavy atom. The van der Waals surface area contributed by atoms with Gasteiger partial charge in [0, 0.05) is 34.9 Å². The minimum atomic E-state index is -0.339. The first-order chi connectivity index (χ1) is 15.3. The highest BCUT2D eigenvalue weighted by Gasteiger charge is 2.13. The molecule has 2 aromatic carbocycles. The van der Waals surface area contributed by atoms with Crippen molar-refractivity contribution in [3.63, 3.8) is 0 Å². The third-order valence-corrected chi connectivity index (χ3v) is 5.49. The summed E-state index contributed by atoms with van der Waals surface area (Å²) in [5, 5.41) is 11.4. The first-order valence-electron chi connectivity index (χ1n) is 9.99. The number of hydrogen-bond donors (Lipinski definition) is 2. The van der Waals surface area contributed by atoms with Gasteiger partial charge in [0.05, 0.1) is 18.5 Å². The van der Waals surface area contributed by atoms with Gasteiger partial charge in [-0.25, -0.2) is 0 Å². The fourth-order valence-corrected chi connectivity index (χ4v) is 3.65. The second-order valence-electron chi connectivity index (χ2n) is 7.19. The Morgan fingerprint density at radius 1 is 1.16 bits per heavy atom. The topological polar surface area (TPSA) is 80.5 Å². The zero-order valence-corrected chi connectivity index (χ0v) is 19.9. The molecule has 9 heteroatoms. The smallest absolute Gasteiger partial charge is 0.258 e. The van der Waals surface area contributed by atoms with Crippen LogP contribution in [0.25, 0.3) is 0 Å². The van der Waals surface area contributed by atoms with E-state index in [1.807, 2.05) is 25.6 Å². The number of rotatable bonds is 6. The van der Waals surface area contributed by atoms with E-state index in [0.29, 0.717) is 40.0 Å². The molecule has 0 aliphatic rings. The van der Waals surface area contributed by atoms with Crippen molar-refractivity contribution in [3.8, 4) is 5.75 Å². The number of anilines is 1. The molecule has 0 unspecified atom stereocenters. The molecule has 7 nitrogen and oxygen atoms in total. The van der Waals surface area contributed by atoms with E-state index >= 15 is 0 Å². The van der Waals surface area contributed by atoms with Gasteiger partial charge in [-0.15, -0.1) is 0 Å². The molecule has 0 saturated carbocycles. The van der Waals surface area contributed by atoms with Crippen LogP contribution < -0.4 is 15.4 Å². The Balaban J connectivity index is 1.85. The highest BCUT2D eigenvalue weighted by atomic mass is 35.5. The number of aliphatic imine (C=N–C) groups is 1. The van der Waals surface area contributed by atoms with Crippen LogP contribution in [0.15, 0.2) is 47.5 Å². The van der Waals surface area contributed by atoms with E-state index in [0.717, 1.165) is 17.0 Å². The molecule has 2 N–H and O–H groups in total. The van der Waals surface area contributed by atoms with Gasteiger partial charge in [0.2, 0.25) is 5.96 Å². The lowest BCUT2D eigenvalue weighted by Crippen LogP contribution is -2.36. The van der Waals surface area contributed by atoms with Crippen LogP contribution in [0.5, 0.6) is 5.75 Å². The number of methoxy groups -OCH3 is 1. The van der Waals surface area contributed by atoms with Crippen molar-refractivity contribution in [2.75, 3.05) is 19.0 Å². The zero-order chi connectivity index (χ0) is 23.3. The van der Waals surface area contributed by atoms with Crippen LogP contribution in [0.2, 0.25) is 10.0 Å². The van der Waals surface area contributed by atoms with E-state index in [4.69, 9.17) is 27.9 Å². The lowest BCUT2D eigenvalue weighted by atomic mass is 10.1. The lowest BCUT2D eigenvalue weighted by Gasteiger charge is -2.15. The number of aryl methyl sites for hydroxylation is 2. The molecule has 1 amide bonds. The average Bonchev–Trinajstić information content (AvgIpc) is 2.99. The average molecular weight is 474 g/mol. The summed E-state index contributed by atoms with van der Waals surface area (Å²) in [6.07, 6.45) is 0.677. The fraction of sp³-hybridized carbons (Fsp3) is 0.261. The maximum Gasteiger partial charge on any atom is 0.258 e. The molecule has 0 saturated heterocycles. The van der Waals surface area contributed by atoms with Crippen molar-refractivity contribution in [1.29, 1.82) is 0 Å². The van der Waals surface area contributed by atoms with Crippen LogP contribution in [-0.2, 0) is 13.5 Å². The largest absolute Gasteiger partial charge is 0.495 e. The normalized spacial score (nSPS) is 11.4. The Hall–Kier alpha value is -3.03. The zero-order valence-electron chi connectivity index (χ0n) is 18.4. The van der Waals surface area contributed by atoms with Crippen LogP contribution in [0.1, 0.15) is 27.3 Å². The Bertz CT molecular complexity index is 1160. The molecule has 0 spiro atoms. The summed E-state index contributed by atoms with van der Waals surface area (Å²) in [7, 11) is 3.47. The number of guanidine groups is 1. The van der Waals surface area contributed by atoms with Crippen molar-refractivity contribution in [3.05, 3.63) is 75.0 Å². The number of benzene rings is 2. The molecule has 1 aromatic heterocycles. The molecule has 0 atom stereocenters. The van der Waals surface area contributed by atoms with Gasteiger partial charge in [-0.3, -0.25) is 19.8 Å². The van der Waals surface area contributed by atoms with Crippen molar-refractivity contribution < 1.29 is 9.53 Å². The summed E-state index contributed by atoms with van der Waals surface area (Å²) in [4.78, 5) is 17.4. The number of amides is 1. The van der Waals surface area contributed by atoms with E-state index in [1.165, 1.54) is 0 Å². The summed E-state index contributed by atoms with van der Waals surface area (Å²) in [6, 6.07) is 11.9. The summed E-state index contributed by atoms with van der Waals surface area (Å²) in [6.45, 7) is 4.44. The molecule has 1 heterocycles. The second-order valence-corrected chi connectivity index (χ2v) is 8.06. The van der Waals surface area contributed by atoms with Crippen molar-refractivity contribution in [1.82, 2.24) is 15.1 Å². The van der Waals surface area contributed by atoms with Gasteiger partial charge in [0.15, 0.2) is 0 Å². The summed E-state index contributed by atoms with van der Waals surface area (Å²) in [5.74, 6) is 0.501. The van der Waals surface area contributed by atoms with Crippen molar-refractivity contribution >= 4 is 40.8 Å². The molecular weight excluding hydrogens is 449 g/mol. The van der Waals surface area contributed by atoms with Gasteiger partial charge in [0.25, 0.3) is 5.91 Å². The van der Waals surface area contributed by atoms with Crippen LogP contribution in [0.4, 0.5) is 5.69 Å². The molecule has 0 radical (unpaired) electrons. The fourth-order valence-electron chi connectivity index (χ4n) is 3.28. The molecule has 3 rings (SSSR count). The highest BCUT2D eigenvalue weighted by molar-refractivity contribution is 6.31. The molecule has 3 aromatic rings. The first-order valence-corrected chi connectivity index (χ1v) is 10.7. The van der Waals surface area contributed by atoms with Crippen LogP contribution in [0.3, 0.4) is 0 Å². The van der Waals surface area contributed by atoms with E-state index in [9.17, 15) is 4.79 Å². The molecule has 32 heavy (non-hydrogen) atoms. The number of hydrogen-bond acceptors (Lipinski definition) is 4. The highest BCUT2D eigenvalue weighted by Crippen LogP contribution is 2.27. The Kier molecular flexibility index (Phi) is 7.77. The van der Waals surface area contributed by atoms with Crippen LogP contribution in [-0.4, -0.2) is 35.3 Å². The molecule has 0 fully saturated rings. The van der Waals surface area contributed by atoms with E-state index in [-0.39, 0.29) is 11.9 Å². The third-order valence-electron chi connectivity index (χ3n) is 5.02. The van der Waals surface area contributed by atoms with Gasteiger partial charge >= 0.3 is 0 Å². The number of halogens is 2. The van der Waals surface area contributed by atoms with Crippen LogP contribution >= 0.6 is 23.2 Å². The van der Waals surface area contributed by atoms with Gasteiger partial charge < -0.3 is 10.1 Å². The quantitative estimate of drug-likeness (QED) is 0.398. The van der Waals surface area contributed by atoms with Gasteiger partial charge in [-0.05, 0) is 62.2 Å². The third kappa shape index (κ3) is 5.81. The number of aromatic nitrogens is 2. The van der Waals surface area contributed by atoms with Gasteiger partial charge in [-0.1, -0.05) is 29.3 Å². The van der Waals surface area contributed by atoms with Crippen molar-refractivity contribution in [2.45, 2.75) is 20.3 Å². The molecule has 0 aliphatic heterocycles. The number of nitrogens with one attached hydrogen (secondary N) is 2. The number of nitrogens with zero attached hydrogens (tertiary/aromatic N) is 3. The summed E-state index contributed by atoms with van der Waals surface area (Å²) >= 11 is 12.2. The Morgan fingerprint density at radius 3 is 2.56 bits per heavy atom. The van der Waals surface area contributed by atoms with Gasteiger partial charge in [-0.2, -0.15) is 5.10 Å². The Labute approximate surface area is 197 Å². The summed E-state index contributed by atoms with van der Waals surface area (Å²) < 4.78 is 7.25. The minimum absolute atomic E-state index is 0.273. The monoisotopic (exact) mass is 473 g/mol. The number of ether oxygens (including phenoxy) is 1. The van der Waals surface area contributed by atoms with E-state index in [2.05, 4.69) is 20.7 Å². The molecule has 0 bridgehead atoms. The maximum absolute atomic E-state index is 12.8.